The van der Waals surface area contributed by atoms with Gasteiger partial charge in [-0.15, -0.1) is 0 Å². The van der Waals surface area contributed by atoms with Crippen LogP contribution in [0.2, 0.25) is 0 Å². The largest absolute Gasteiger partial charge is 0.475 e. The van der Waals surface area contributed by atoms with E-state index in [1.165, 1.54) is 6.07 Å². The van der Waals surface area contributed by atoms with Crippen LogP contribution in [-0.2, 0) is 6.54 Å². The number of ether oxygens (including phenoxy) is 1. The van der Waals surface area contributed by atoms with Crippen molar-refractivity contribution in [3.8, 4) is 5.88 Å². The smallest absolute Gasteiger partial charge is 0.218 e. The highest BCUT2D eigenvalue weighted by atomic mass is 19.1. The van der Waals surface area contributed by atoms with E-state index in [1.54, 1.807) is 7.05 Å². The molecule has 0 bridgehead atoms. The van der Waals surface area contributed by atoms with Crippen LogP contribution >= 0.6 is 0 Å². The quantitative estimate of drug-likeness (QED) is 0.800. The highest BCUT2D eigenvalue weighted by Crippen LogP contribution is 2.17. The molecule has 0 amide bonds. The Labute approximate surface area is 83.3 Å². The minimum absolute atomic E-state index is 0.0450. The van der Waals surface area contributed by atoms with E-state index in [0.29, 0.717) is 12.4 Å². The van der Waals surface area contributed by atoms with Crippen LogP contribution in [0.15, 0.2) is 12.3 Å². The molecule has 0 unspecified atom stereocenters. The van der Waals surface area contributed by atoms with Gasteiger partial charge in [0.05, 0.1) is 12.3 Å². The zero-order valence-corrected chi connectivity index (χ0v) is 8.67. The first-order chi connectivity index (χ1) is 6.63. The van der Waals surface area contributed by atoms with Gasteiger partial charge in [-0.25, -0.2) is 9.37 Å². The van der Waals surface area contributed by atoms with Gasteiger partial charge in [0, 0.05) is 12.1 Å². The molecule has 0 aliphatic rings. The normalized spacial score (nSPS) is 10.6. The van der Waals surface area contributed by atoms with E-state index < -0.39 is 0 Å². The van der Waals surface area contributed by atoms with Gasteiger partial charge in [-0.05, 0) is 27.0 Å². The summed E-state index contributed by atoms with van der Waals surface area (Å²) in [4.78, 5) is 3.90. The predicted molar refractivity (Wildman–Crippen MR) is 52.7 cm³/mol. The van der Waals surface area contributed by atoms with Crippen LogP contribution in [0.25, 0.3) is 0 Å². The molecule has 0 saturated carbocycles. The van der Waals surface area contributed by atoms with E-state index in [9.17, 15) is 4.39 Å². The molecule has 1 heterocycles. The Morgan fingerprint density at radius 1 is 1.57 bits per heavy atom. The summed E-state index contributed by atoms with van der Waals surface area (Å²) in [6, 6.07) is 1.43. The fraction of sp³-hybridized carbons (Fsp3) is 0.500. The van der Waals surface area contributed by atoms with Crippen LogP contribution in [0.4, 0.5) is 4.39 Å². The van der Waals surface area contributed by atoms with Crippen molar-refractivity contribution in [1.29, 1.82) is 0 Å². The van der Waals surface area contributed by atoms with E-state index in [0.717, 1.165) is 11.8 Å². The van der Waals surface area contributed by atoms with Gasteiger partial charge in [-0.1, -0.05) is 0 Å². The van der Waals surface area contributed by atoms with Gasteiger partial charge in [0.15, 0.2) is 0 Å². The fourth-order valence-corrected chi connectivity index (χ4v) is 1.12. The second kappa shape index (κ2) is 4.91. The van der Waals surface area contributed by atoms with E-state index in [4.69, 9.17) is 4.74 Å². The zero-order valence-electron chi connectivity index (χ0n) is 8.67. The summed E-state index contributed by atoms with van der Waals surface area (Å²) in [5, 5.41) is 2.94. The van der Waals surface area contributed by atoms with Crippen LogP contribution in [0.5, 0.6) is 5.88 Å². The van der Waals surface area contributed by atoms with Gasteiger partial charge in [0.25, 0.3) is 0 Å². The summed E-state index contributed by atoms with van der Waals surface area (Å²) in [5.41, 5.74) is 0.737. The molecule has 0 aromatic carbocycles. The van der Waals surface area contributed by atoms with E-state index >= 15 is 0 Å². The SMILES string of the molecule is CNCc1cc(F)cnc1OC(C)C. The van der Waals surface area contributed by atoms with Gasteiger partial charge in [0.1, 0.15) is 5.82 Å². The van der Waals surface area contributed by atoms with Crippen molar-refractivity contribution in [1.82, 2.24) is 10.3 Å². The molecule has 1 N–H and O–H groups in total. The molecular weight excluding hydrogens is 183 g/mol. The Hall–Kier alpha value is -1.16. The third-order valence-corrected chi connectivity index (χ3v) is 1.61. The van der Waals surface area contributed by atoms with Crippen LogP contribution in [-0.4, -0.2) is 18.1 Å². The van der Waals surface area contributed by atoms with Gasteiger partial charge < -0.3 is 10.1 Å². The zero-order chi connectivity index (χ0) is 10.6. The number of nitrogens with one attached hydrogen (secondary N) is 1. The van der Waals surface area contributed by atoms with Gasteiger partial charge >= 0.3 is 0 Å². The lowest BCUT2D eigenvalue weighted by Gasteiger charge is -2.12. The molecule has 0 radical (unpaired) electrons. The number of rotatable bonds is 4. The maximum absolute atomic E-state index is 12.9. The first kappa shape index (κ1) is 10.9. The molecule has 0 aliphatic heterocycles. The van der Waals surface area contributed by atoms with E-state index in [2.05, 4.69) is 10.3 Å². The summed E-state index contributed by atoms with van der Waals surface area (Å²) in [6.07, 6.45) is 1.21. The number of nitrogens with zero attached hydrogens (tertiary/aromatic N) is 1. The number of aromatic nitrogens is 1. The molecule has 1 aromatic rings. The average Bonchev–Trinajstić information content (AvgIpc) is 2.09. The molecule has 1 aromatic heterocycles. The molecule has 78 valence electrons. The standard InChI is InChI=1S/C10H15FN2O/c1-7(2)14-10-8(5-12-3)4-9(11)6-13-10/h4,6-7,12H,5H2,1-3H3. The molecule has 0 saturated heterocycles. The van der Waals surface area contributed by atoms with Crippen molar-refractivity contribution in [3.05, 3.63) is 23.6 Å². The molecule has 0 aliphatic carbocycles. The summed E-state index contributed by atoms with van der Waals surface area (Å²) >= 11 is 0. The van der Waals surface area contributed by atoms with Gasteiger partial charge in [-0.3, -0.25) is 0 Å². The predicted octanol–water partition coefficient (Wildman–Crippen LogP) is 1.73. The molecule has 4 heteroatoms. The van der Waals surface area contributed by atoms with Crippen molar-refractivity contribution >= 4 is 0 Å². The Bertz CT molecular complexity index is 302. The molecular formula is C10H15FN2O. The fourth-order valence-electron chi connectivity index (χ4n) is 1.12. The topological polar surface area (TPSA) is 34.2 Å². The number of pyridine rings is 1. The summed E-state index contributed by atoms with van der Waals surface area (Å²) < 4.78 is 18.3. The van der Waals surface area contributed by atoms with Crippen molar-refractivity contribution in [2.24, 2.45) is 0 Å². The van der Waals surface area contributed by atoms with Crippen LogP contribution in [0.1, 0.15) is 19.4 Å². The molecule has 3 nitrogen and oxygen atoms in total. The first-order valence-corrected chi connectivity index (χ1v) is 4.59. The Balaban J connectivity index is 2.89. The summed E-state index contributed by atoms with van der Waals surface area (Å²) in [6.45, 7) is 4.37. The number of hydrogen-bond acceptors (Lipinski definition) is 3. The third kappa shape index (κ3) is 2.96. The maximum Gasteiger partial charge on any atom is 0.218 e. The third-order valence-electron chi connectivity index (χ3n) is 1.61. The minimum Gasteiger partial charge on any atom is -0.475 e. The number of hydrogen-bond donors (Lipinski definition) is 1. The van der Waals surface area contributed by atoms with Crippen molar-refractivity contribution in [2.45, 2.75) is 26.5 Å². The Kier molecular flexibility index (Phi) is 3.83. The number of halogens is 1. The van der Waals surface area contributed by atoms with Crippen LogP contribution < -0.4 is 10.1 Å². The lowest BCUT2D eigenvalue weighted by Crippen LogP contribution is -2.13. The van der Waals surface area contributed by atoms with Gasteiger partial charge in [0.2, 0.25) is 5.88 Å². The molecule has 0 fully saturated rings. The van der Waals surface area contributed by atoms with Crippen LogP contribution in [0.3, 0.4) is 0 Å². The maximum atomic E-state index is 12.9. The molecule has 0 atom stereocenters. The molecule has 14 heavy (non-hydrogen) atoms. The highest BCUT2D eigenvalue weighted by molar-refractivity contribution is 5.26. The van der Waals surface area contributed by atoms with E-state index in [1.807, 2.05) is 13.8 Å². The average molecular weight is 198 g/mol. The molecule has 1 rings (SSSR count). The van der Waals surface area contributed by atoms with Crippen molar-refractivity contribution in [2.75, 3.05) is 7.05 Å². The molecule has 0 spiro atoms. The van der Waals surface area contributed by atoms with E-state index in [-0.39, 0.29) is 11.9 Å². The Morgan fingerprint density at radius 2 is 2.29 bits per heavy atom. The van der Waals surface area contributed by atoms with Crippen LogP contribution in [0, 0.1) is 5.82 Å². The first-order valence-electron chi connectivity index (χ1n) is 4.59. The van der Waals surface area contributed by atoms with Gasteiger partial charge in [-0.2, -0.15) is 0 Å². The summed E-state index contributed by atoms with van der Waals surface area (Å²) in [7, 11) is 1.80. The van der Waals surface area contributed by atoms with Crippen molar-refractivity contribution in [3.63, 3.8) is 0 Å². The van der Waals surface area contributed by atoms with Crippen molar-refractivity contribution < 1.29 is 9.13 Å². The second-order valence-corrected chi connectivity index (χ2v) is 3.31. The minimum atomic E-state index is -0.341. The lowest BCUT2D eigenvalue weighted by molar-refractivity contribution is 0.229. The Morgan fingerprint density at radius 3 is 2.86 bits per heavy atom. The second-order valence-electron chi connectivity index (χ2n) is 3.31. The monoisotopic (exact) mass is 198 g/mol. The summed E-state index contributed by atoms with van der Waals surface area (Å²) in [5.74, 6) is 0.155. The highest BCUT2D eigenvalue weighted by Gasteiger charge is 2.07. The lowest BCUT2D eigenvalue weighted by atomic mass is 10.2.